The van der Waals surface area contributed by atoms with Crippen LogP contribution in [0.15, 0.2) is 77.6 Å². The number of benzene rings is 3. The van der Waals surface area contributed by atoms with Crippen molar-refractivity contribution in [1.29, 1.82) is 0 Å². The highest BCUT2D eigenvalue weighted by atomic mass is 35.5. The molecule has 0 aliphatic heterocycles. The lowest BCUT2D eigenvalue weighted by molar-refractivity contribution is -0.137. The summed E-state index contributed by atoms with van der Waals surface area (Å²) in [7, 11) is 0. The summed E-state index contributed by atoms with van der Waals surface area (Å²) in [6.07, 6.45) is -4.52. The summed E-state index contributed by atoms with van der Waals surface area (Å²) in [6, 6.07) is 19.0. The molecule has 0 saturated heterocycles. The predicted octanol–water partition coefficient (Wildman–Crippen LogP) is 5.33. The first-order valence-corrected chi connectivity index (χ1v) is 11.9. The fourth-order valence-corrected chi connectivity index (χ4v) is 3.71. The van der Waals surface area contributed by atoms with Crippen molar-refractivity contribution in [3.63, 3.8) is 0 Å². The zero-order valence-electron chi connectivity index (χ0n) is 19.9. The van der Waals surface area contributed by atoms with Crippen LogP contribution >= 0.6 is 11.6 Å². The molecular formula is C27H22ClF3N4O3. The highest BCUT2D eigenvalue weighted by Crippen LogP contribution is 2.29. The van der Waals surface area contributed by atoms with Crippen molar-refractivity contribution in [1.82, 2.24) is 20.5 Å². The second-order valence-electron chi connectivity index (χ2n) is 8.33. The third-order valence-corrected chi connectivity index (χ3v) is 5.95. The molecule has 3 aromatic carbocycles. The molecule has 0 atom stereocenters. The van der Waals surface area contributed by atoms with Gasteiger partial charge in [-0.2, -0.15) is 13.2 Å². The molecule has 2 N–H and O–H groups in total. The van der Waals surface area contributed by atoms with Gasteiger partial charge in [0, 0.05) is 35.5 Å². The largest absolute Gasteiger partial charge is 0.489 e. The van der Waals surface area contributed by atoms with E-state index in [-0.39, 0.29) is 30.9 Å². The van der Waals surface area contributed by atoms with Crippen LogP contribution in [0.4, 0.5) is 13.2 Å². The third kappa shape index (κ3) is 7.19. The van der Waals surface area contributed by atoms with E-state index in [2.05, 4.69) is 20.5 Å². The summed E-state index contributed by atoms with van der Waals surface area (Å²) in [5.74, 6) is 0.433. The van der Waals surface area contributed by atoms with Crippen molar-refractivity contribution in [3.05, 3.63) is 111 Å². The second-order valence-corrected chi connectivity index (χ2v) is 8.74. The molecule has 0 radical (unpaired) electrons. The van der Waals surface area contributed by atoms with E-state index in [0.29, 0.717) is 28.5 Å². The summed E-state index contributed by atoms with van der Waals surface area (Å²) in [4.78, 5) is 27.3. The fraction of sp³-hybridized carbons (Fsp3) is 0.185. The van der Waals surface area contributed by atoms with Crippen LogP contribution in [-0.2, 0) is 30.5 Å². The second kappa shape index (κ2) is 11.9. The number of nitrogens with one attached hydrogen (secondary N) is 2. The number of amides is 1. The first-order chi connectivity index (χ1) is 18.2. The fourth-order valence-electron chi connectivity index (χ4n) is 3.52. The number of rotatable bonds is 9. The number of halogens is 4. The number of ether oxygens (including phenoxy) is 1. The molecule has 1 amide bonds. The normalized spacial score (nSPS) is 11.3. The lowest BCUT2D eigenvalue weighted by Crippen LogP contribution is -2.25. The van der Waals surface area contributed by atoms with Crippen LogP contribution in [0.2, 0.25) is 5.02 Å². The maximum Gasteiger partial charge on any atom is 0.416 e. The number of hydrogen-bond donors (Lipinski definition) is 2. The Labute approximate surface area is 220 Å². The molecule has 0 unspecified atom stereocenters. The van der Waals surface area contributed by atoms with Crippen LogP contribution in [0.5, 0.6) is 5.75 Å². The minimum absolute atomic E-state index is 0.0197. The van der Waals surface area contributed by atoms with Gasteiger partial charge in [-0.15, -0.1) is 10.2 Å². The van der Waals surface area contributed by atoms with Gasteiger partial charge in [0.1, 0.15) is 18.1 Å². The molecule has 0 spiro atoms. The molecule has 196 valence electrons. The Balaban J connectivity index is 1.29. The van der Waals surface area contributed by atoms with E-state index < -0.39 is 23.2 Å². The van der Waals surface area contributed by atoms with E-state index in [4.69, 9.17) is 16.3 Å². The molecular weight excluding hydrogens is 521 g/mol. The Kier molecular flexibility index (Phi) is 8.42. The number of carbonyl (C=O) groups excluding carboxylic acids is 1. The van der Waals surface area contributed by atoms with Crippen LogP contribution in [0, 0.1) is 0 Å². The van der Waals surface area contributed by atoms with E-state index >= 15 is 0 Å². The smallest absolute Gasteiger partial charge is 0.416 e. The Bertz CT molecular complexity index is 1470. The zero-order valence-corrected chi connectivity index (χ0v) is 20.6. The number of aryl methyl sites for hydroxylation is 1. The molecule has 0 saturated carbocycles. The number of aromatic nitrogens is 3. The minimum atomic E-state index is -4.46. The molecule has 1 aromatic heterocycles. The molecule has 0 aliphatic carbocycles. The molecule has 4 rings (SSSR count). The molecule has 11 heteroatoms. The van der Waals surface area contributed by atoms with Gasteiger partial charge in [0.2, 0.25) is 5.91 Å². The summed E-state index contributed by atoms with van der Waals surface area (Å²) >= 11 is 6.14. The standard InChI is InChI=1S/C27H22ClF3N4O3/c28-22-7-2-1-5-19(22)16-38-21-10-8-18(9-11-21)25-33-26(37)23(34-35-25)12-13-24(36)32-15-17-4-3-6-20(14-17)27(29,30)31/h1-11,14H,12-13,15-16H2,(H,32,36)(H,33,35,37). The monoisotopic (exact) mass is 542 g/mol. The number of nitrogens with zero attached hydrogens (tertiary/aromatic N) is 2. The first kappa shape index (κ1) is 26.9. The lowest BCUT2D eigenvalue weighted by Gasteiger charge is -2.09. The van der Waals surface area contributed by atoms with E-state index in [1.54, 1.807) is 30.3 Å². The molecule has 7 nitrogen and oxygen atoms in total. The van der Waals surface area contributed by atoms with Crippen molar-refractivity contribution < 1.29 is 22.7 Å². The molecule has 1 heterocycles. The maximum atomic E-state index is 12.8. The van der Waals surface area contributed by atoms with Gasteiger partial charge in [-0.25, -0.2) is 0 Å². The minimum Gasteiger partial charge on any atom is -0.489 e. The summed E-state index contributed by atoms with van der Waals surface area (Å²) in [5.41, 5.74) is 0.585. The van der Waals surface area contributed by atoms with Gasteiger partial charge in [-0.3, -0.25) is 9.59 Å². The van der Waals surface area contributed by atoms with Gasteiger partial charge in [-0.05, 0) is 48.0 Å². The average Bonchev–Trinajstić information content (AvgIpc) is 2.91. The van der Waals surface area contributed by atoms with Crippen molar-refractivity contribution in [2.75, 3.05) is 0 Å². The Morgan fingerprint density at radius 2 is 1.76 bits per heavy atom. The average molecular weight is 543 g/mol. The lowest BCUT2D eigenvalue weighted by atomic mass is 10.1. The van der Waals surface area contributed by atoms with E-state index in [1.165, 1.54) is 12.1 Å². The van der Waals surface area contributed by atoms with Gasteiger partial charge in [-0.1, -0.05) is 41.9 Å². The Hall–Kier alpha value is -4.18. The number of carbonyl (C=O) groups is 1. The van der Waals surface area contributed by atoms with Crippen molar-refractivity contribution in [2.24, 2.45) is 0 Å². The van der Waals surface area contributed by atoms with Gasteiger partial charge < -0.3 is 15.0 Å². The van der Waals surface area contributed by atoms with Gasteiger partial charge >= 0.3 is 6.18 Å². The summed E-state index contributed by atoms with van der Waals surface area (Å²) < 4.78 is 44.2. The Morgan fingerprint density at radius 3 is 2.47 bits per heavy atom. The predicted molar refractivity (Wildman–Crippen MR) is 135 cm³/mol. The maximum absolute atomic E-state index is 12.8. The van der Waals surface area contributed by atoms with Crippen LogP contribution in [-0.4, -0.2) is 21.1 Å². The number of alkyl halides is 3. The van der Waals surface area contributed by atoms with E-state index in [1.807, 2.05) is 18.2 Å². The highest BCUT2D eigenvalue weighted by molar-refractivity contribution is 6.31. The third-order valence-electron chi connectivity index (χ3n) is 5.58. The number of hydrogen-bond acceptors (Lipinski definition) is 5. The summed E-state index contributed by atoms with van der Waals surface area (Å²) in [5, 5.41) is 11.2. The van der Waals surface area contributed by atoms with Crippen LogP contribution in [0.3, 0.4) is 0 Å². The van der Waals surface area contributed by atoms with Crippen LogP contribution < -0.4 is 15.6 Å². The van der Waals surface area contributed by atoms with Crippen molar-refractivity contribution >= 4 is 17.5 Å². The SMILES string of the molecule is O=C(CCc1nnc(-c2ccc(OCc3ccccc3Cl)cc2)[nH]c1=O)NCc1cccc(C(F)(F)F)c1. The van der Waals surface area contributed by atoms with Gasteiger partial charge in [0.15, 0.2) is 5.82 Å². The van der Waals surface area contributed by atoms with E-state index in [0.717, 1.165) is 17.7 Å². The quantitative estimate of drug-likeness (QED) is 0.298. The van der Waals surface area contributed by atoms with E-state index in [9.17, 15) is 22.8 Å². The summed E-state index contributed by atoms with van der Waals surface area (Å²) in [6.45, 7) is 0.236. The van der Waals surface area contributed by atoms with Gasteiger partial charge in [0.05, 0.1) is 5.56 Å². The molecule has 4 aromatic rings. The van der Waals surface area contributed by atoms with Crippen molar-refractivity contribution in [3.8, 4) is 17.1 Å². The van der Waals surface area contributed by atoms with Crippen molar-refractivity contribution in [2.45, 2.75) is 32.2 Å². The molecule has 0 aliphatic rings. The van der Waals surface area contributed by atoms with Crippen LogP contribution in [0.25, 0.3) is 11.4 Å². The number of aromatic amines is 1. The zero-order chi connectivity index (χ0) is 27.1. The molecule has 38 heavy (non-hydrogen) atoms. The molecule has 0 bridgehead atoms. The topological polar surface area (TPSA) is 97.0 Å². The Morgan fingerprint density at radius 1 is 1.00 bits per heavy atom. The van der Waals surface area contributed by atoms with Gasteiger partial charge in [0.25, 0.3) is 5.56 Å². The first-order valence-electron chi connectivity index (χ1n) is 11.5. The number of H-pyrrole nitrogens is 1. The molecule has 0 fully saturated rings. The highest BCUT2D eigenvalue weighted by Gasteiger charge is 2.30. The van der Waals surface area contributed by atoms with Crippen LogP contribution in [0.1, 0.15) is 28.8 Å².